The standard InChI is InChI=1S/C16H23N3/c17-10-4-5-11-18-16-9-6-12-19(14-16)13-15-7-2-1-3-8-15/h1-3,7-8,16,18H,4-6,9,11-14H2. The van der Waals surface area contributed by atoms with Crippen LogP contribution < -0.4 is 5.32 Å². The molecule has 0 aliphatic carbocycles. The van der Waals surface area contributed by atoms with Gasteiger partial charge in [-0.2, -0.15) is 5.26 Å². The van der Waals surface area contributed by atoms with Crippen molar-refractivity contribution in [3.8, 4) is 6.07 Å². The Hall–Kier alpha value is -1.37. The van der Waals surface area contributed by atoms with E-state index in [0.717, 1.165) is 26.1 Å². The lowest BCUT2D eigenvalue weighted by Crippen LogP contribution is -2.45. The molecular formula is C16H23N3. The summed E-state index contributed by atoms with van der Waals surface area (Å²) in [6.45, 7) is 4.35. The molecule has 1 unspecified atom stereocenters. The summed E-state index contributed by atoms with van der Waals surface area (Å²) in [5.74, 6) is 0. The van der Waals surface area contributed by atoms with Gasteiger partial charge < -0.3 is 5.32 Å². The molecule has 1 saturated heterocycles. The van der Waals surface area contributed by atoms with Crippen LogP contribution in [0.5, 0.6) is 0 Å². The lowest BCUT2D eigenvalue weighted by atomic mass is 10.0. The Labute approximate surface area is 116 Å². The molecule has 19 heavy (non-hydrogen) atoms. The first-order valence-electron chi connectivity index (χ1n) is 7.25. The third-order valence-electron chi connectivity index (χ3n) is 3.65. The van der Waals surface area contributed by atoms with E-state index in [0.29, 0.717) is 12.5 Å². The van der Waals surface area contributed by atoms with E-state index in [1.807, 2.05) is 0 Å². The molecule has 0 radical (unpaired) electrons. The smallest absolute Gasteiger partial charge is 0.0622 e. The van der Waals surface area contributed by atoms with Crippen LogP contribution in [0.1, 0.15) is 31.2 Å². The minimum absolute atomic E-state index is 0.594. The zero-order chi connectivity index (χ0) is 13.3. The Kier molecular flexibility index (Phi) is 5.87. The normalized spacial score (nSPS) is 20.1. The number of nitrogens with zero attached hydrogens (tertiary/aromatic N) is 2. The molecule has 102 valence electrons. The van der Waals surface area contributed by atoms with Gasteiger partial charge in [-0.25, -0.2) is 0 Å². The second-order valence-electron chi connectivity index (χ2n) is 5.28. The topological polar surface area (TPSA) is 39.1 Å². The maximum absolute atomic E-state index is 8.52. The van der Waals surface area contributed by atoms with Crippen molar-refractivity contribution in [2.45, 2.75) is 38.3 Å². The molecule has 0 spiro atoms. The molecule has 3 nitrogen and oxygen atoms in total. The van der Waals surface area contributed by atoms with Crippen LogP contribution in [0.4, 0.5) is 0 Å². The van der Waals surface area contributed by atoms with E-state index in [-0.39, 0.29) is 0 Å². The molecule has 2 rings (SSSR count). The van der Waals surface area contributed by atoms with Crippen LogP contribution in [-0.2, 0) is 6.54 Å². The zero-order valence-electron chi connectivity index (χ0n) is 11.5. The molecule has 1 fully saturated rings. The molecular weight excluding hydrogens is 234 g/mol. The van der Waals surface area contributed by atoms with Crippen molar-refractivity contribution in [3.63, 3.8) is 0 Å². The molecule has 1 N–H and O–H groups in total. The molecule has 1 atom stereocenters. The number of nitriles is 1. The van der Waals surface area contributed by atoms with Crippen LogP contribution >= 0.6 is 0 Å². The van der Waals surface area contributed by atoms with Crippen LogP contribution in [0.2, 0.25) is 0 Å². The van der Waals surface area contributed by atoms with Crippen molar-refractivity contribution in [2.24, 2.45) is 0 Å². The van der Waals surface area contributed by atoms with E-state index in [4.69, 9.17) is 5.26 Å². The summed E-state index contributed by atoms with van der Waals surface area (Å²) in [5.41, 5.74) is 1.40. The van der Waals surface area contributed by atoms with Crippen LogP contribution in [-0.4, -0.2) is 30.6 Å². The van der Waals surface area contributed by atoms with Crippen molar-refractivity contribution in [1.82, 2.24) is 10.2 Å². The highest BCUT2D eigenvalue weighted by Gasteiger charge is 2.18. The Morgan fingerprint density at radius 1 is 1.32 bits per heavy atom. The van der Waals surface area contributed by atoms with Gasteiger partial charge in [-0.1, -0.05) is 30.3 Å². The Morgan fingerprint density at radius 3 is 2.95 bits per heavy atom. The second kappa shape index (κ2) is 7.93. The zero-order valence-corrected chi connectivity index (χ0v) is 11.5. The highest BCUT2D eigenvalue weighted by molar-refractivity contribution is 5.14. The van der Waals surface area contributed by atoms with Gasteiger partial charge in [0.1, 0.15) is 0 Å². The number of rotatable bonds is 6. The number of nitrogens with one attached hydrogen (secondary N) is 1. The maximum atomic E-state index is 8.52. The van der Waals surface area contributed by atoms with E-state index < -0.39 is 0 Å². The summed E-state index contributed by atoms with van der Waals surface area (Å²) < 4.78 is 0. The molecule has 1 heterocycles. The Balaban J connectivity index is 1.73. The van der Waals surface area contributed by atoms with Gasteiger partial charge in [0.15, 0.2) is 0 Å². The number of benzene rings is 1. The van der Waals surface area contributed by atoms with Gasteiger partial charge in [-0.15, -0.1) is 0 Å². The summed E-state index contributed by atoms with van der Waals surface area (Å²) in [6.07, 6.45) is 4.15. The molecule has 1 aromatic carbocycles. The lowest BCUT2D eigenvalue weighted by Gasteiger charge is -2.33. The second-order valence-corrected chi connectivity index (χ2v) is 5.28. The van der Waals surface area contributed by atoms with Crippen LogP contribution in [0.25, 0.3) is 0 Å². The first-order valence-corrected chi connectivity index (χ1v) is 7.25. The SMILES string of the molecule is N#CCCCNC1CCCN(Cc2ccccc2)C1. The average molecular weight is 257 g/mol. The van der Waals surface area contributed by atoms with Gasteiger partial charge in [0.05, 0.1) is 6.07 Å². The molecule has 1 aromatic rings. The summed E-state index contributed by atoms with van der Waals surface area (Å²) in [5, 5.41) is 12.1. The summed E-state index contributed by atoms with van der Waals surface area (Å²) in [4.78, 5) is 2.53. The van der Waals surface area contributed by atoms with Crippen LogP contribution in [0, 0.1) is 11.3 Å². The third kappa shape index (κ3) is 5.02. The highest BCUT2D eigenvalue weighted by Crippen LogP contribution is 2.13. The van der Waals surface area contributed by atoms with Crippen LogP contribution in [0.15, 0.2) is 30.3 Å². The summed E-state index contributed by atoms with van der Waals surface area (Å²) in [6, 6.07) is 13.5. The maximum Gasteiger partial charge on any atom is 0.0622 e. The fourth-order valence-electron chi connectivity index (χ4n) is 2.68. The number of piperidine rings is 1. The quantitative estimate of drug-likeness (QED) is 0.796. The van der Waals surface area contributed by atoms with Crippen LogP contribution in [0.3, 0.4) is 0 Å². The minimum Gasteiger partial charge on any atom is -0.313 e. The molecule has 0 aromatic heterocycles. The molecule has 0 amide bonds. The minimum atomic E-state index is 0.594. The number of likely N-dealkylation sites (tertiary alicyclic amines) is 1. The lowest BCUT2D eigenvalue weighted by molar-refractivity contribution is 0.183. The van der Waals surface area contributed by atoms with E-state index in [1.54, 1.807) is 0 Å². The van der Waals surface area contributed by atoms with Gasteiger partial charge in [0, 0.05) is 25.6 Å². The molecule has 1 aliphatic heterocycles. The Morgan fingerprint density at radius 2 is 2.16 bits per heavy atom. The van der Waals surface area contributed by atoms with Crippen molar-refractivity contribution < 1.29 is 0 Å². The van der Waals surface area contributed by atoms with Gasteiger partial charge in [-0.3, -0.25) is 4.90 Å². The van der Waals surface area contributed by atoms with Gasteiger partial charge >= 0.3 is 0 Å². The third-order valence-corrected chi connectivity index (χ3v) is 3.65. The van der Waals surface area contributed by atoms with E-state index in [2.05, 4.69) is 46.6 Å². The van der Waals surface area contributed by atoms with Crippen molar-refractivity contribution in [3.05, 3.63) is 35.9 Å². The first-order chi connectivity index (χ1) is 9.38. The van der Waals surface area contributed by atoms with Crippen molar-refractivity contribution in [1.29, 1.82) is 5.26 Å². The van der Waals surface area contributed by atoms with Crippen molar-refractivity contribution in [2.75, 3.05) is 19.6 Å². The number of unbranched alkanes of at least 4 members (excludes halogenated alkanes) is 1. The molecule has 1 aliphatic rings. The van der Waals surface area contributed by atoms with Gasteiger partial charge in [0.2, 0.25) is 0 Å². The Bertz CT molecular complexity index is 396. The fraction of sp³-hybridized carbons (Fsp3) is 0.562. The predicted molar refractivity (Wildman–Crippen MR) is 77.6 cm³/mol. The summed E-state index contributed by atoms with van der Waals surface area (Å²) in [7, 11) is 0. The molecule has 0 bridgehead atoms. The van der Waals surface area contributed by atoms with E-state index in [9.17, 15) is 0 Å². The number of hydrogen-bond acceptors (Lipinski definition) is 3. The average Bonchev–Trinajstić information content (AvgIpc) is 2.45. The summed E-state index contributed by atoms with van der Waals surface area (Å²) >= 11 is 0. The van der Waals surface area contributed by atoms with Crippen molar-refractivity contribution >= 4 is 0 Å². The molecule has 0 saturated carbocycles. The fourth-order valence-corrected chi connectivity index (χ4v) is 2.68. The molecule has 3 heteroatoms. The van der Waals surface area contributed by atoms with E-state index >= 15 is 0 Å². The van der Waals surface area contributed by atoms with Gasteiger partial charge in [-0.05, 0) is 37.9 Å². The van der Waals surface area contributed by atoms with Gasteiger partial charge in [0.25, 0.3) is 0 Å². The predicted octanol–water partition coefficient (Wildman–Crippen LogP) is 2.54. The highest BCUT2D eigenvalue weighted by atomic mass is 15.2. The first kappa shape index (κ1) is 14.0. The van der Waals surface area contributed by atoms with E-state index in [1.165, 1.54) is 24.9 Å². The number of hydrogen-bond donors (Lipinski definition) is 1. The largest absolute Gasteiger partial charge is 0.313 e. The monoisotopic (exact) mass is 257 g/mol.